The standard InChI is InChI=1S/C20H22N2O4/c1-25-19-10-6-3-7-14(19)12-22-13-15(11-17(20(23)24)21-26-2)16-8-4-5-9-18(16)22/h3-10,13,17,21H,11-12H2,1-2H3,(H,23,24)/t17-/m0/s1. The molecule has 0 aliphatic heterocycles. The minimum atomic E-state index is -0.951. The van der Waals surface area contributed by atoms with E-state index in [0.29, 0.717) is 13.0 Å². The van der Waals surface area contributed by atoms with E-state index < -0.39 is 12.0 Å². The van der Waals surface area contributed by atoms with Crippen LogP contribution in [0.3, 0.4) is 0 Å². The zero-order valence-electron chi connectivity index (χ0n) is 14.8. The smallest absolute Gasteiger partial charge is 0.323 e. The van der Waals surface area contributed by atoms with Gasteiger partial charge in [0.15, 0.2) is 0 Å². The first-order chi connectivity index (χ1) is 12.6. The Hall–Kier alpha value is -2.83. The first-order valence-electron chi connectivity index (χ1n) is 8.34. The van der Waals surface area contributed by atoms with E-state index in [1.807, 2.05) is 54.7 Å². The second-order valence-electron chi connectivity index (χ2n) is 6.03. The van der Waals surface area contributed by atoms with E-state index in [0.717, 1.165) is 27.8 Å². The Morgan fingerprint density at radius 1 is 1.12 bits per heavy atom. The van der Waals surface area contributed by atoms with E-state index in [2.05, 4.69) is 10.0 Å². The summed E-state index contributed by atoms with van der Waals surface area (Å²) in [5.74, 6) is -0.121. The lowest BCUT2D eigenvalue weighted by atomic mass is 10.1. The fraction of sp³-hybridized carbons (Fsp3) is 0.250. The van der Waals surface area contributed by atoms with Gasteiger partial charge in [-0.15, -0.1) is 0 Å². The maximum Gasteiger partial charge on any atom is 0.323 e. The van der Waals surface area contributed by atoms with Crippen LogP contribution in [0.25, 0.3) is 10.9 Å². The van der Waals surface area contributed by atoms with Crippen LogP contribution in [-0.4, -0.2) is 35.9 Å². The molecule has 1 heterocycles. The number of hydrogen-bond donors (Lipinski definition) is 2. The number of nitrogens with zero attached hydrogens (tertiary/aromatic N) is 1. The molecule has 0 fully saturated rings. The van der Waals surface area contributed by atoms with Gasteiger partial charge >= 0.3 is 5.97 Å². The number of ether oxygens (including phenoxy) is 1. The second kappa shape index (κ2) is 8.03. The molecule has 136 valence electrons. The summed E-state index contributed by atoms with van der Waals surface area (Å²) in [6, 6.07) is 15.0. The number of methoxy groups -OCH3 is 1. The summed E-state index contributed by atoms with van der Waals surface area (Å²) in [4.78, 5) is 16.3. The topological polar surface area (TPSA) is 72.7 Å². The summed E-state index contributed by atoms with van der Waals surface area (Å²) in [7, 11) is 3.08. The maximum atomic E-state index is 11.4. The van der Waals surface area contributed by atoms with Crippen LogP contribution in [0.4, 0.5) is 0 Å². The summed E-state index contributed by atoms with van der Waals surface area (Å²) in [5, 5.41) is 10.4. The summed E-state index contributed by atoms with van der Waals surface area (Å²) in [6.07, 6.45) is 2.33. The molecule has 6 nitrogen and oxygen atoms in total. The van der Waals surface area contributed by atoms with E-state index >= 15 is 0 Å². The predicted molar refractivity (Wildman–Crippen MR) is 99.3 cm³/mol. The van der Waals surface area contributed by atoms with Crippen molar-refractivity contribution in [3.8, 4) is 5.75 Å². The van der Waals surface area contributed by atoms with Gasteiger partial charge in [-0.1, -0.05) is 36.4 Å². The quantitative estimate of drug-likeness (QED) is 0.609. The van der Waals surface area contributed by atoms with Crippen LogP contribution in [0.2, 0.25) is 0 Å². The molecule has 2 aromatic carbocycles. The molecule has 3 rings (SSSR count). The van der Waals surface area contributed by atoms with Crippen LogP contribution in [0.15, 0.2) is 54.7 Å². The zero-order valence-corrected chi connectivity index (χ0v) is 14.8. The Morgan fingerprint density at radius 3 is 2.58 bits per heavy atom. The predicted octanol–water partition coefficient (Wildman–Crippen LogP) is 2.84. The van der Waals surface area contributed by atoms with Crippen LogP contribution in [0.5, 0.6) is 5.75 Å². The number of rotatable bonds is 8. The fourth-order valence-electron chi connectivity index (χ4n) is 3.17. The zero-order chi connectivity index (χ0) is 18.5. The number of hydroxylamine groups is 1. The Labute approximate surface area is 151 Å². The Bertz CT molecular complexity index is 904. The summed E-state index contributed by atoms with van der Waals surface area (Å²) < 4.78 is 7.57. The molecule has 0 saturated heterocycles. The lowest BCUT2D eigenvalue weighted by Crippen LogP contribution is -2.37. The molecule has 0 aliphatic carbocycles. The van der Waals surface area contributed by atoms with Gasteiger partial charge in [-0.05, 0) is 17.7 Å². The number of aromatic nitrogens is 1. The molecular formula is C20H22N2O4. The van der Waals surface area contributed by atoms with Crippen LogP contribution < -0.4 is 10.2 Å². The molecule has 0 aliphatic rings. The van der Waals surface area contributed by atoms with Crippen LogP contribution in [0.1, 0.15) is 11.1 Å². The third-order valence-electron chi connectivity index (χ3n) is 4.39. The third-order valence-corrected chi connectivity index (χ3v) is 4.39. The summed E-state index contributed by atoms with van der Waals surface area (Å²) in [5.41, 5.74) is 5.61. The Kier molecular flexibility index (Phi) is 5.55. The van der Waals surface area contributed by atoms with Crippen molar-refractivity contribution in [3.05, 3.63) is 65.9 Å². The number of fused-ring (bicyclic) bond motifs is 1. The molecule has 26 heavy (non-hydrogen) atoms. The van der Waals surface area contributed by atoms with Gasteiger partial charge in [-0.3, -0.25) is 4.79 Å². The van der Waals surface area contributed by atoms with Crippen LogP contribution in [0, 0.1) is 0 Å². The molecule has 0 radical (unpaired) electrons. The summed E-state index contributed by atoms with van der Waals surface area (Å²) >= 11 is 0. The number of carbonyl (C=O) groups is 1. The monoisotopic (exact) mass is 354 g/mol. The molecule has 2 N–H and O–H groups in total. The molecule has 3 aromatic rings. The maximum absolute atomic E-state index is 11.4. The lowest BCUT2D eigenvalue weighted by Gasteiger charge is -2.11. The first kappa shape index (κ1) is 18.0. The molecule has 1 atom stereocenters. The van der Waals surface area contributed by atoms with Gasteiger partial charge in [-0.25, -0.2) is 0 Å². The van der Waals surface area contributed by atoms with Gasteiger partial charge in [0, 0.05) is 29.1 Å². The largest absolute Gasteiger partial charge is 0.496 e. The van der Waals surface area contributed by atoms with Crippen LogP contribution in [-0.2, 0) is 22.6 Å². The third kappa shape index (κ3) is 3.71. The van der Waals surface area contributed by atoms with Gasteiger partial charge in [0.25, 0.3) is 0 Å². The van der Waals surface area contributed by atoms with Crippen LogP contribution >= 0.6 is 0 Å². The normalized spacial score (nSPS) is 12.2. The molecule has 0 spiro atoms. The number of carboxylic acid groups (broad SMARTS) is 1. The molecular weight excluding hydrogens is 332 g/mol. The van der Waals surface area contributed by atoms with Crippen molar-refractivity contribution < 1.29 is 19.5 Å². The average Bonchev–Trinajstić information content (AvgIpc) is 2.99. The highest BCUT2D eigenvalue weighted by atomic mass is 16.6. The molecule has 0 bridgehead atoms. The first-order valence-corrected chi connectivity index (χ1v) is 8.34. The van der Waals surface area contributed by atoms with Crippen molar-refractivity contribution in [2.75, 3.05) is 14.2 Å². The number of nitrogens with one attached hydrogen (secondary N) is 1. The highest BCUT2D eigenvalue weighted by molar-refractivity contribution is 5.85. The minimum absolute atomic E-state index is 0.322. The van der Waals surface area contributed by atoms with Gasteiger partial charge in [0.1, 0.15) is 11.8 Å². The van der Waals surface area contributed by atoms with Crippen molar-refractivity contribution >= 4 is 16.9 Å². The van der Waals surface area contributed by atoms with E-state index in [9.17, 15) is 9.90 Å². The minimum Gasteiger partial charge on any atom is -0.496 e. The van der Waals surface area contributed by atoms with Gasteiger partial charge in [0.2, 0.25) is 0 Å². The number of carboxylic acids is 1. The molecule has 6 heteroatoms. The van der Waals surface area contributed by atoms with Crippen molar-refractivity contribution in [1.29, 1.82) is 0 Å². The van der Waals surface area contributed by atoms with E-state index in [4.69, 9.17) is 9.57 Å². The van der Waals surface area contributed by atoms with Crippen molar-refractivity contribution in [3.63, 3.8) is 0 Å². The Morgan fingerprint density at radius 2 is 1.85 bits per heavy atom. The number of aliphatic carboxylic acids is 1. The highest BCUT2D eigenvalue weighted by Crippen LogP contribution is 2.26. The van der Waals surface area contributed by atoms with Gasteiger partial charge in [-0.2, -0.15) is 5.48 Å². The fourth-order valence-corrected chi connectivity index (χ4v) is 3.17. The van der Waals surface area contributed by atoms with Gasteiger partial charge < -0.3 is 19.2 Å². The van der Waals surface area contributed by atoms with Gasteiger partial charge in [0.05, 0.1) is 20.8 Å². The average molecular weight is 354 g/mol. The van der Waals surface area contributed by atoms with E-state index in [1.54, 1.807) is 7.11 Å². The van der Waals surface area contributed by atoms with E-state index in [-0.39, 0.29) is 0 Å². The SMILES string of the molecule is CON[C@@H](Cc1cn(Cc2ccccc2OC)c2ccccc12)C(=O)O. The number of hydrogen-bond acceptors (Lipinski definition) is 4. The molecule has 1 aromatic heterocycles. The molecule has 0 unspecified atom stereocenters. The van der Waals surface area contributed by atoms with Crippen molar-refractivity contribution in [2.24, 2.45) is 0 Å². The summed E-state index contributed by atoms with van der Waals surface area (Å²) in [6.45, 7) is 0.639. The van der Waals surface area contributed by atoms with Crippen molar-refractivity contribution in [1.82, 2.24) is 10.0 Å². The Balaban J connectivity index is 1.98. The highest BCUT2D eigenvalue weighted by Gasteiger charge is 2.20. The van der Waals surface area contributed by atoms with Crippen molar-refractivity contribution in [2.45, 2.75) is 19.0 Å². The molecule has 0 amide bonds. The lowest BCUT2D eigenvalue weighted by molar-refractivity contribution is -0.143. The second-order valence-corrected chi connectivity index (χ2v) is 6.03. The van der Waals surface area contributed by atoms with E-state index in [1.165, 1.54) is 7.11 Å². The molecule has 0 saturated carbocycles. The number of para-hydroxylation sites is 2. The number of benzene rings is 2.